The molecule has 2 saturated heterocycles. The summed E-state index contributed by atoms with van der Waals surface area (Å²) in [6.45, 7) is 1.86. The molecule has 0 aliphatic carbocycles. The van der Waals surface area contributed by atoms with E-state index in [0.717, 1.165) is 31.8 Å². The second kappa shape index (κ2) is 4.62. The SMILES string of the molecule is O=S1(=O)CCCC(c2nc(C3CCNC3)no2)C1. The minimum atomic E-state index is -2.93. The first kappa shape index (κ1) is 12.1. The van der Waals surface area contributed by atoms with Crippen molar-refractivity contribution in [1.82, 2.24) is 15.5 Å². The summed E-state index contributed by atoms with van der Waals surface area (Å²) < 4.78 is 28.5. The van der Waals surface area contributed by atoms with Crippen LogP contribution in [0.5, 0.6) is 0 Å². The van der Waals surface area contributed by atoms with Crippen LogP contribution in [0.4, 0.5) is 0 Å². The van der Waals surface area contributed by atoms with Gasteiger partial charge < -0.3 is 9.84 Å². The maximum Gasteiger partial charge on any atom is 0.230 e. The van der Waals surface area contributed by atoms with Crippen molar-refractivity contribution in [2.45, 2.75) is 31.1 Å². The summed E-state index contributed by atoms with van der Waals surface area (Å²) in [6, 6.07) is 0. The molecule has 0 saturated carbocycles. The topological polar surface area (TPSA) is 85.1 Å². The Morgan fingerprint density at radius 2 is 2.17 bits per heavy atom. The molecule has 3 heterocycles. The summed E-state index contributed by atoms with van der Waals surface area (Å²) in [7, 11) is -2.93. The van der Waals surface area contributed by atoms with Gasteiger partial charge in [-0.15, -0.1) is 0 Å². The largest absolute Gasteiger partial charge is 0.339 e. The highest BCUT2D eigenvalue weighted by Crippen LogP contribution is 2.28. The maximum atomic E-state index is 11.6. The zero-order valence-corrected chi connectivity index (χ0v) is 10.9. The summed E-state index contributed by atoms with van der Waals surface area (Å²) in [6.07, 6.45) is 2.53. The monoisotopic (exact) mass is 271 g/mol. The fraction of sp³-hybridized carbons (Fsp3) is 0.818. The maximum absolute atomic E-state index is 11.6. The molecule has 6 nitrogen and oxygen atoms in total. The number of nitrogens with one attached hydrogen (secondary N) is 1. The Morgan fingerprint density at radius 1 is 1.28 bits per heavy atom. The molecule has 0 bridgehead atoms. The quantitative estimate of drug-likeness (QED) is 0.840. The van der Waals surface area contributed by atoms with Crippen molar-refractivity contribution in [3.8, 4) is 0 Å². The van der Waals surface area contributed by atoms with E-state index in [9.17, 15) is 8.42 Å². The van der Waals surface area contributed by atoms with Crippen molar-refractivity contribution in [3.63, 3.8) is 0 Å². The fourth-order valence-corrected chi connectivity index (χ4v) is 4.37. The Labute approximate surface area is 106 Å². The van der Waals surface area contributed by atoms with Crippen molar-refractivity contribution in [3.05, 3.63) is 11.7 Å². The van der Waals surface area contributed by atoms with Crippen LogP contribution in [0.15, 0.2) is 4.52 Å². The number of hydrogen-bond acceptors (Lipinski definition) is 6. The van der Waals surface area contributed by atoms with E-state index in [2.05, 4.69) is 15.5 Å². The van der Waals surface area contributed by atoms with Crippen molar-refractivity contribution < 1.29 is 12.9 Å². The van der Waals surface area contributed by atoms with Gasteiger partial charge in [0.15, 0.2) is 15.7 Å². The lowest BCUT2D eigenvalue weighted by molar-refractivity contribution is 0.345. The van der Waals surface area contributed by atoms with Crippen LogP contribution in [0.2, 0.25) is 0 Å². The van der Waals surface area contributed by atoms with Crippen molar-refractivity contribution in [2.24, 2.45) is 0 Å². The van der Waals surface area contributed by atoms with E-state index < -0.39 is 9.84 Å². The van der Waals surface area contributed by atoms with Gasteiger partial charge in [0.2, 0.25) is 5.89 Å². The normalized spacial score (nSPS) is 31.6. The molecule has 2 aliphatic rings. The number of aromatic nitrogens is 2. The summed E-state index contributed by atoms with van der Waals surface area (Å²) >= 11 is 0. The summed E-state index contributed by atoms with van der Waals surface area (Å²) in [4.78, 5) is 4.40. The number of rotatable bonds is 2. The lowest BCUT2D eigenvalue weighted by Crippen LogP contribution is -2.24. The molecule has 2 aliphatic heterocycles. The van der Waals surface area contributed by atoms with E-state index in [-0.39, 0.29) is 17.4 Å². The fourth-order valence-electron chi connectivity index (χ4n) is 2.67. The minimum absolute atomic E-state index is 0.112. The molecular weight excluding hydrogens is 254 g/mol. The highest BCUT2D eigenvalue weighted by Gasteiger charge is 2.31. The average Bonchev–Trinajstić information content (AvgIpc) is 2.99. The molecule has 3 rings (SSSR count). The van der Waals surface area contributed by atoms with Crippen LogP contribution in [-0.4, -0.2) is 43.2 Å². The predicted molar refractivity (Wildman–Crippen MR) is 65.2 cm³/mol. The van der Waals surface area contributed by atoms with Gasteiger partial charge in [0, 0.05) is 12.5 Å². The molecule has 2 atom stereocenters. The highest BCUT2D eigenvalue weighted by molar-refractivity contribution is 7.91. The van der Waals surface area contributed by atoms with Crippen LogP contribution in [0.3, 0.4) is 0 Å². The van der Waals surface area contributed by atoms with Gasteiger partial charge in [-0.1, -0.05) is 5.16 Å². The lowest BCUT2D eigenvalue weighted by Gasteiger charge is -2.18. The second-order valence-corrected chi connectivity index (χ2v) is 7.36. The van der Waals surface area contributed by atoms with E-state index in [1.165, 1.54) is 0 Å². The zero-order valence-electron chi connectivity index (χ0n) is 10.1. The molecule has 1 aromatic rings. The number of nitrogens with zero attached hydrogens (tertiary/aromatic N) is 2. The van der Waals surface area contributed by atoms with Crippen molar-refractivity contribution in [1.29, 1.82) is 0 Å². The first-order valence-corrected chi connectivity index (χ1v) is 8.21. The van der Waals surface area contributed by atoms with Gasteiger partial charge in [0.25, 0.3) is 0 Å². The highest BCUT2D eigenvalue weighted by atomic mass is 32.2. The number of sulfone groups is 1. The number of hydrogen-bond donors (Lipinski definition) is 1. The van der Waals surface area contributed by atoms with Gasteiger partial charge in [-0.25, -0.2) is 8.42 Å². The summed E-state index contributed by atoms with van der Waals surface area (Å²) in [5, 5.41) is 7.26. The zero-order chi connectivity index (χ0) is 12.6. The second-order valence-electron chi connectivity index (χ2n) is 5.13. The van der Waals surface area contributed by atoms with Crippen molar-refractivity contribution in [2.75, 3.05) is 24.6 Å². The molecule has 2 unspecified atom stereocenters. The molecule has 0 radical (unpaired) electrons. The molecular formula is C11H17N3O3S. The summed E-state index contributed by atoms with van der Waals surface area (Å²) in [5.41, 5.74) is 0. The van der Waals surface area contributed by atoms with E-state index in [0.29, 0.717) is 18.2 Å². The molecule has 18 heavy (non-hydrogen) atoms. The van der Waals surface area contributed by atoms with Crippen molar-refractivity contribution >= 4 is 9.84 Å². The predicted octanol–water partition coefficient (Wildman–Crippen LogP) is 0.439. The third kappa shape index (κ3) is 2.42. The third-order valence-electron chi connectivity index (χ3n) is 3.70. The van der Waals surface area contributed by atoms with Gasteiger partial charge in [0.1, 0.15) is 0 Å². The van der Waals surface area contributed by atoms with Crippen LogP contribution < -0.4 is 5.32 Å². The van der Waals surface area contributed by atoms with Gasteiger partial charge >= 0.3 is 0 Å². The molecule has 0 amide bonds. The molecule has 7 heteroatoms. The molecule has 100 valence electrons. The first-order valence-electron chi connectivity index (χ1n) is 6.39. The third-order valence-corrected chi connectivity index (χ3v) is 5.52. The molecule has 0 aromatic carbocycles. The van der Waals surface area contributed by atoms with Crippen LogP contribution in [0.1, 0.15) is 42.8 Å². The van der Waals surface area contributed by atoms with Crippen LogP contribution >= 0.6 is 0 Å². The van der Waals surface area contributed by atoms with Crippen LogP contribution in [0, 0.1) is 0 Å². The van der Waals surface area contributed by atoms with Crippen LogP contribution in [-0.2, 0) is 9.84 Å². The molecule has 2 fully saturated rings. The molecule has 1 N–H and O–H groups in total. The Kier molecular flexibility index (Phi) is 3.11. The van der Waals surface area contributed by atoms with E-state index in [4.69, 9.17) is 4.52 Å². The summed E-state index contributed by atoms with van der Waals surface area (Å²) in [5.74, 6) is 1.86. The minimum Gasteiger partial charge on any atom is -0.339 e. The van der Waals surface area contributed by atoms with E-state index in [1.807, 2.05) is 0 Å². The van der Waals surface area contributed by atoms with Gasteiger partial charge in [-0.3, -0.25) is 0 Å². The van der Waals surface area contributed by atoms with Crippen LogP contribution in [0.25, 0.3) is 0 Å². The van der Waals surface area contributed by atoms with Gasteiger partial charge in [-0.2, -0.15) is 4.98 Å². The Balaban J connectivity index is 1.76. The Morgan fingerprint density at radius 3 is 2.89 bits per heavy atom. The Bertz CT molecular complexity index is 519. The lowest BCUT2D eigenvalue weighted by atomic mass is 10.1. The van der Waals surface area contributed by atoms with E-state index >= 15 is 0 Å². The smallest absolute Gasteiger partial charge is 0.230 e. The van der Waals surface area contributed by atoms with Gasteiger partial charge in [0.05, 0.1) is 17.4 Å². The standard InChI is InChI=1S/C11H17N3O3S/c15-18(16)5-1-2-9(7-18)11-13-10(14-17-11)8-3-4-12-6-8/h8-9,12H,1-7H2. The first-order chi connectivity index (χ1) is 8.64. The van der Waals surface area contributed by atoms with Gasteiger partial charge in [-0.05, 0) is 25.8 Å². The average molecular weight is 271 g/mol. The molecule has 1 aromatic heterocycles. The molecule has 0 spiro atoms. The Hall–Kier alpha value is -0.950. The van der Waals surface area contributed by atoms with E-state index in [1.54, 1.807) is 0 Å².